The number of hydrogen-bond donors (Lipinski definition) is 1. The predicted molar refractivity (Wildman–Crippen MR) is 52.6 cm³/mol. The maximum absolute atomic E-state index is 10.7. The molecule has 0 bridgehead atoms. The van der Waals surface area contributed by atoms with E-state index in [9.17, 15) is 9.59 Å². The topological polar surface area (TPSA) is 76.5 Å². The number of carboxylic acid groups (broad SMARTS) is 1. The Morgan fingerprint density at radius 3 is 2.93 bits per heavy atom. The lowest BCUT2D eigenvalue weighted by molar-refractivity contribution is -0.139. The van der Waals surface area contributed by atoms with Crippen LogP contribution in [0.25, 0.3) is 0 Å². The van der Waals surface area contributed by atoms with Gasteiger partial charge in [-0.3, -0.25) is 4.79 Å². The Hall–Kier alpha value is -1.87. The summed E-state index contributed by atoms with van der Waals surface area (Å²) in [6.07, 6.45) is -0.0313. The van der Waals surface area contributed by atoms with Crippen molar-refractivity contribution in [3.63, 3.8) is 0 Å². The predicted octanol–water partition coefficient (Wildman–Crippen LogP) is 0.756. The molecule has 0 aromatic carbocycles. The molecule has 0 aliphatic rings. The van der Waals surface area contributed by atoms with Gasteiger partial charge in [0.25, 0.3) is 0 Å². The molecule has 6 heteroatoms. The Kier molecular flexibility index (Phi) is 3.83. The minimum atomic E-state index is -1.08. The minimum absolute atomic E-state index is 0.0163. The number of carbonyl (C=O) groups excluding carboxylic acids is 1. The second kappa shape index (κ2) is 5.12. The van der Waals surface area contributed by atoms with Crippen LogP contribution in [0.2, 0.25) is 0 Å². The molecule has 1 rings (SSSR count). The largest absolute Gasteiger partial charge is 0.476 e. The molecule has 5 nitrogen and oxygen atoms in total. The number of nitrogens with zero attached hydrogens (tertiary/aromatic N) is 1. The second-order valence-corrected chi connectivity index (χ2v) is 3.26. The number of rotatable bonds is 2. The van der Waals surface area contributed by atoms with Crippen LogP contribution in [-0.2, 0) is 9.53 Å². The Bertz CT molecular complexity index is 440. The van der Waals surface area contributed by atoms with Crippen LogP contribution in [-0.4, -0.2) is 29.1 Å². The van der Waals surface area contributed by atoms with Crippen molar-refractivity contribution < 1.29 is 19.4 Å². The van der Waals surface area contributed by atoms with Gasteiger partial charge in [0.05, 0.1) is 7.11 Å². The SMILES string of the molecule is COC(=O)CC#Cc1csc(C(=O)O)n1. The van der Waals surface area contributed by atoms with E-state index >= 15 is 0 Å². The van der Waals surface area contributed by atoms with Crippen LogP contribution < -0.4 is 0 Å². The number of hydrogen-bond acceptors (Lipinski definition) is 5. The molecule has 0 aliphatic heterocycles. The Balaban J connectivity index is 2.64. The third-order valence-electron chi connectivity index (χ3n) is 1.36. The zero-order valence-electron chi connectivity index (χ0n) is 7.81. The van der Waals surface area contributed by atoms with E-state index in [-0.39, 0.29) is 11.4 Å². The van der Waals surface area contributed by atoms with Crippen molar-refractivity contribution in [2.75, 3.05) is 7.11 Å². The van der Waals surface area contributed by atoms with Gasteiger partial charge in [-0.15, -0.1) is 11.3 Å². The fourth-order valence-electron chi connectivity index (χ4n) is 0.708. The summed E-state index contributed by atoms with van der Waals surface area (Å²) in [5.74, 6) is 3.59. The number of aromatic carboxylic acids is 1. The number of esters is 1. The van der Waals surface area contributed by atoms with Gasteiger partial charge in [0.1, 0.15) is 12.1 Å². The number of ether oxygens (including phenoxy) is 1. The van der Waals surface area contributed by atoms with Crippen LogP contribution in [0, 0.1) is 11.8 Å². The van der Waals surface area contributed by atoms with Gasteiger partial charge in [-0.1, -0.05) is 5.92 Å². The molecule has 0 fully saturated rings. The molecule has 1 aromatic heterocycles. The van der Waals surface area contributed by atoms with Crippen LogP contribution in [0.15, 0.2) is 5.38 Å². The van der Waals surface area contributed by atoms with Crippen LogP contribution in [0.3, 0.4) is 0 Å². The average molecular weight is 225 g/mol. The highest BCUT2D eigenvalue weighted by Crippen LogP contribution is 2.08. The van der Waals surface area contributed by atoms with Gasteiger partial charge in [-0.2, -0.15) is 0 Å². The molecule has 0 radical (unpaired) electrons. The molecule has 0 atom stereocenters. The molecule has 1 aromatic rings. The standard InChI is InChI=1S/C9H7NO4S/c1-14-7(11)4-2-3-6-5-15-8(10-6)9(12)13/h5H,4H2,1H3,(H,12,13). The van der Waals surface area contributed by atoms with E-state index in [1.54, 1.807) is 0 Å². The van der Waals surface area contributed by atoms with Gasteiger partial charge in [0.15, 0.2) is 0 Å². The van der Waals surface area contributed by atoms with Crippen molar-refractivity contribution >= 4 is 23.3 Å². The Morgan fingerprint density at radius 1 is 1.67 bits per heavy atom. The van der Waals surface area contributed by atoms with Crippen molar-refractivity contribution in [1.82, 2.24) is 4.98 Å². The van der Waals surface area contributed by atoms with Crippen molar-refractivity contribution in [3.8, 4) is 11.8 Å². The molecule has 15 heavy (non-hydrogen) atoms. The molecule has 0 spiro atoms. The first-order chi connectivity index (χ1) is 7.13. The highest BCUT2D eigenvalue weighted by molar-refractivity contribution is 7.11. The van der Waals surface area contributed by atoms with Crippen LogP contribution in [0.1, 0.15) is 21.9 Å². The van der Waals surface area contributed by atoms with Crippen LogP contribution >= 0.6 is 11.3 Å². The molecule has 0 saturated heterocycles. The van der Waals surface area contributed by atoms with E-state index in [0.717, 1.165) is 11.3 Å². The number of methoxy groups -OCH3 is 1. The summed E-state index contributed by atoms with van der Waals surface area (Å²) in [7, 11) is 1.27. The Morgan fingerprint density at radius 2 is 2.40 bits per heavy atom. The third-order valence-corrected chi connectivity index (χ3v) is 2.19. The summed E-state index contributed by atoms with van der Waals surface area (Å²) >= 11 is 0.993. The van der Waals surface area contributed by atoms with Gasteiger partial charge in [0.2, 0.25) is 5.01 Å². The van der Waals surface area contributed by atoms with Gasteiger partial charge < -0.3 is 9.84 Å². The summed E-state index contributed by atoms with van der Waals surface area (Å²) in [6, 6.07) is 0. The van der Waals surface area contributed by atoms with Crippen molar-refractivity contribution in [1.29, 1.82) is 0 Å². The number of aromatic nitrogens is 1. The fourth-order valence-corrected chi connectivity index (χ4v) is 1.30. The molecule has 0 saturated carbocycles. The summed E-state index contributed by atoms with van der Waals surface area (Å²) in [5.41, 5.74) is 0.348. The second-order valence-electron chi connectivity index (χ2n) is 2.40. The number of carbonyl (C=O) groups is 2. The lowest BCUT2D eigenvalue weighted by Gasteiger charge is -1.88. The van der Waals surface area contributed by atoms with E-state index in [1.807, 2.05) is 0 Å². The maximum atomic E-state index is 10.7. The molecular formula is C9H7NO4S. The van der Waals surface area contributed by atoms with E-state index in [1.165, 1.54) is 12.5 Å². The lowest BCUT2D eigenvalue weighted by Crippen LogP contribution is -1.97. The molecule has 78 valence electrons. The number of thiazole rings is 1. The van der Waals surface area contributed by atoms with Crippen molar-refractivity contribution in [2.45, 2.75) is 6.42 Å². The maximum Gasteiger partial charge on any atom is 0.365 e. The quantitative estimate of drug-likeness (QED) is 0.593. The first-order valence-corrected chi connectivity index (χ1v) is 4.76. The third kappa shape index (κ3) is 3.40. The summed E-state index contributed by atoms with van der Waals surface area (Å²) in [6.45, 7) is 0. The molecular weight excluding hydrogens is 218 g/mol. The zero-order valence-corrected chi connectivity index (χ0v) is 8.63. The van der Waals surface area contributed by atoms with E-state index < -0.39 is 11.9 Å². The highest BCUT2D eigenvalue weighted by atomic mass is 32.1. The highest BCUT2D eigenvalue weighted by Gasteiger charge is 2.06. The van der Waals surface area contributed by atoms with Gasteiger partial charge in [-0.05, 0) is 5.92 Å². The normalized spacial score (nSPS) is 8.87. The minimum Gasteiger partial charge on any atom is -0.476 e. The summed E-state index contributed by atoms with van der Waals surface area (Å²) in [4.78, 5) is 24.9. The van der Waals surface area contributed by atoms with Gasteiger partial charge >= 0.3 is 11.9 Å². The van der Waals surface area contributed by atoms with E-state index in [0.29, 0.717) is 5.69 Å². The average Bonchev–Trinajstić information content (AvgIpc) is 2.66. The van der Waals surface area contributed by atoms with Crippen molar-refractivity contribution in [3.05, 3.63) is 16.1 Å². The first-order valence-electron chi connectivity index (χ1n) is 3.88. The van der Waals surface area contributed by atoms with Gasteiger partial charge in [-0.25, -0.2) is 9.78 Å². The molecule has 0 aliphatic carbocycles. The first kappa shape index (κ1) is 11.2. The zero-order chi connectivity index (χ0) is 11.3. The van der Waals surface area contributed by atoms with Gasteiger partial charge in [0, 0.05) is 5.38 Å². The van der Waals surface area contributed by atoms with Crippen LogP contribution in [0.5, 0.6) is 0 Å². The summed E-state index contributed by atoms with van der Waals surface area (Å²) < 4.78 is 4.38. The van der Waals surface area contributed by atoms with E-state index in [2.05, 4.69) is 21.6 Å². The lowest BCUT2D eigenvalue weighted by atomic mass is 10.4. The number of carboxylic acids is 1. The molecule has 0 amide bonds. The fraction of sp³-hybridized carbons (Fsp3) is 0.222. The van der Waals surface area contributed by atoms with E-state index in [4.69, 9.17) is 5.11 Å². The Labute approximate surface area is 89.7 Å². The summed E-state index contributed by atoms with van der Waals surface area (Å²) in [5, 5.41) is 10.1. The molecule has 1 N–H and O–H groups in total. The molecule has 0 unspecified atom stereocenters. The monoisotopic (exact) mass is 225 g/mol. The smallest absolute Gasteiger partial charge is 0.365 e. The van der Waals surface area contributed by atoms with Crippen molar-refractivity contribution in [2.24, 2.45) is 0 Å². The van der Waals surface area contributed by atoms with Crippen LogP contribution in [0.4, 0.5) is 0 Å². The molecule has 1 heterocycles.